The Labute approximate surface area is 114 Å². The summed E-state index contributed by atoms with van der Waals surface area (Å²) in [5, 5.41) is 8.75. The molecule has 0 aromatic heterocycles. The van der Waals surface area contributed by atoms with E-state index in [2.05, 4.69) is 4.74 Å². The fourth-order valence-corrected chi connectivity index (χ4v) is 2.16. The highest BCUT2D eigenvalue weighted by Gasteiger charge is 2.35. The molecule has 0 aliphatic heterocycles. The first-order chi connectivity index (χ1) is 9.21. The van der Waals surface area contributed by atoms with E-state index in [-0.39, 0.29) is 0 Å². The van der Waals surface area contributed by atoms with Gasteiger partial charge in [0.1, 0.15) is 6.07 Å². The number of carbonyl (C=O) groups excluding carboxylic acids is 1. The summed E-state index contributed by atoms with van der Waals surface area (Å²) in [5.41, 5.74) is -7.22. The number of ether oxygens (including phenoxy) is 1. The van der Waals surface area contributed by atoms with E-state index < -0.39 is 51.3 Å². The minimum Gasteiger partial charge on any atom is -0.465 e. The van der Waals surface area contributed by atoms with Crippen molar-refractivity contribution in [2.45, 2.75) is 16.8 Å². The minimum absolute atomic E-state index is 0.530. The standard InChI is InChI=1S/C11H6F5NO2S/c1-19-10(18)7-6(9(12)13)3-2-5(4-17)8(7)20-11(14,15)16/h2-3,9H,1H3. The highest BCUT2D eigenvalue weighted by atomic mass is 32.2. The topological polar surface area (TPSA) is 50.1 Å². The van der Waals surface area contributed by atoms with Gasteiger partial charge in [0.15, 0.2) is 0 Å². The molecule has 0 aliphatic carbocycles. The van der Waals surface area contributed by atoms with Crippen LogP contribution in [0.4, 0.5) is 22.0 Å². The average molecular weight is 311 g/mol. The van der Waals surface area contributed by atoms with Crippen molar-refractivity contribution in [3.63, 3.8) is 0 Å². The van der Waals surface area contributed by atoms with E-state index in [1.807, 2.05) is 0 Å². The van der Waals surface area contributed by atoms with Crippen LogP contribution in [-0.4, -0.2) is 18.6 Å². The monoisotopic (exact) mass is 311 g/mol. The third-order valence-corrected chi connectivity index (χ3v) is 3.01. The summed E-state index contributed by atoms with van der Waals surface area (Å²) in [6.07, 6.45) is -3.18. The van der Waals surface area contributed by atoms with Crippen LogP contribution in [0.5, 0.6) is 0 Å². The van der Waals surface area contributed by atoms with Gasteiger partial charge in [-0.05, 0) is 17.8 Å². The molecule has 3 nitrogen and oxygen atoms in total. The zero-order chi connectivity index (χ0) is 15.5. The lowest BCUT2D eigenvalue weighted by molar-refractivity contribution is -0.0328. The maximum Gasteiger partial charge on any atom is 0.446 e. The van der Waals surface area contributed by atoms with Crippen LogP contribution in [0.25, 0.3) is 0 Å². The van der Waals surface area contributed by atoms with Crippen molar-refractivity contribution in [1.82, 2.24) is 0 Å². The molecule has 108 valence electrons. The van der Waals surface area contributed by atoms with Gasteiger partial charge in [0.25, 0.3) is 6.43 Å². The molecule has 1 aromatic carbocycles. The number of nitriles is 1. The molecule has 0 unspecified atom stereocenters. The first-order valence-corrected chi connectivity index (χ1v) is 5.72. The lowest BCUT2D eigenvalue weighted by atomic mass is 10.0. The third kappa shape index (κ3) is 3.60. The molecule has 0 bridgehead atoms. The van der Waals surface area contributed by atoms with E-state index in [0.29, 0.717) is 0 Å². The maximum absolute atomic E-state index is 12.8. The second kappa shape index (κ2) is 6.09. The summed E-state index contributed by atoms with van der Waals surface area (Å²) >= 11 is -0.803. The van der Waals surface area contributed by atoms with E-state index in [9.17, 15) is 26.7 Å². The van der Waals surface area contributed by atoms with E-state index in [0.717, 1.165) is 19.2 Å². The molecule has 0 fully saturated rings. The van der Waals surface area contributed by atoms with Crippen molar-refractivity contribution in [3.05, 3.63) is 28.8 Å². The summed E-state index contributed by atoms with van der Waals surface area (Å²) in [4.78, 5) is 10.6. The van der Waals surface area contributed by atoms with E-state index in [4.69, 9.17) is 5.26 Å². The summed E-state index contributed by atoms with van der Waals surface area (Å²) in [7, 11) is 0.846. The number of thioether (sulfide) groups is 1. The molecule has 1 aromatic rings. The molecule has 9 heteroatoms. The van der Waals surface area contributed by atoms with E-state index in [1.165, 1.54) is 6.07 Å². The number of esters is 1. The molecular formula is C11H6F5NO2S. The van der Waals surface area contributed by atoms with Gasteiger partial charge in [-0.2, -0.15) is 18.4 Å². The Morgan fingerprint density at radius 1 is 1.40 bits per heavy atom. The molecule has 20 heavy (non-hydrogen) atoms. The van der Waals surface area contributed by atoms with Gasteiger partial charge in [-0.3, -0.25) is 0 Å². The Morgan fingerprint density at radius 3 is 2.40 bits per heavy atom. The number of alkyl halides is 5. The smallest absolute Gasteiger partial charge is 0.446 e. The second-order valence-corrected chi connectivity index (χ2v) is 4.43. The van der Waals surface area contributed by atoms with Crippen molar-refractivity contribution in [3.8, 4) is 6.07 Å². The molecule has 0 saturated heterocycles. The lowest BCUT2D eigenvalue weighted by Gasteiger charge is -2.15. The molecule has 0 aliphatic rings. The van der Waals surface area contributed by atoms with E-state index >= 15 is 0 Å². The van der Waals surface area contributed by atoms with Crippen LogP contribution < -0.4 is 0 Å². The van der Waals surface area contributed by atoms with Crippen molar-refractivity contribution in [1.29, 1.82) is 5.26 Å². The Morgan fingerprint density at radius 2 is 2.00 bits per heavy atom. The molecule has 0 amide bonds. The molecule has 0 spiro atoms. The Bertz CT molecular complexity index is 565. The zero-order valence-electron chi connectivity index (χ0n) is 9.79. The van der Waals surface area contributed by atoms with Gasteiger partial charge >= 0.3 is 11.5 Å². The van der Waals surface area contributed by atoms with Crippen LogP contribution in [-0.2, 0) is 4.74 Å². The Kier molecular flexibility index (Phi) is 4.94. The van der Waals surface area contributed by atoms with Gasteiger partial charge in [-0.25, -0.2) is 13.6 Å². The van der Waals surface area contributed by atoms with Crippen molar-refractivity contribution in [2.24, 2.45) is 0 Å². The maximum atomic E-state index is 12.8. The summed E-state index contributed by atoms with van der Waals surface area (Å²) in [6, 6.07) is 2.97. The number of hydrogen-bond donors (Lipinski definition) is 0. The number of nitrogens with zero attached hydrogens (tertiary/aromatic N) is 1. The molecule has 0 atom stereocenters. The fraction of sp³-hybridized carbons (Fsp3) is 0.273. The predicted octanol–water partition coefficient (Wildman–Crippen LogP) is 3.89. The van der Waals surface area contributed by atoms with Gasteiger partial charge in [-0.15, -0.1) is 0 Å². The number of rotatable bonds is 3. The Balaban J connectivity index is 3.61. The molecule has 0 saturated carbocycles. The second-order valence-electron chi connectivity index (χ2n) is 3.36. The van der Waals surface area contributed by atoms with Crippen LogP contribution in [0.15, 0.2) is 17.0 Å². The number of benzene rings is 1. The molecule has 0 N–H and O–H groups in total. The van der Waals surface area contributed by atoms with Gasteiger partial charge < -0.3 is 4.74 Å². The SMILES string of the molecule is COC(=O)c1c(C(F)F)ccc(C#N)c1SC(F)(F)F. The van der Waals surface area contributed by atoms with Gasteiger partial charge in [0.05, 0.1) is 18.2 Å². The number of hydrogen-bond acceptors (Lipinski definition) is 4. The summed E-state index contributed by atoms with van der Waals surface area (Å²) in [5.74, 6) is -1.36. The molecule has 0 heterocycles. The summed E-state index contributed by atoms with van der Waals surface area (Å²) < 4.78 is 67.2. The van der Waals surface area contributed by atoms with Crippen molar-refractivity contribution >= 4 is 17.7 Å². The van der Waals surface area contributed by atoms with Crippen LogP contribution in [0.1, 0.15) is 27.9 Å². The van der Waals surface area contributed by atoms with Gasteiger partial charge in [0, 0.05) is 10.5 Å². The minimum atomic E-state index is -4.84. The number of methoxy groups -OCH3 is 1. The van der Waals surface area contributed by atoms with Crippen molar-refractivity contribution in [2.75, 3.05) is 7.11 Å². The van der Waals surface area contributed by atoms with Crippen LogP contribution >= 0.6 is 11.8 Å². The van der Waals surface area contributed by atoms with E-state index in [1.54, 1.807) is 0 Å². The fourth-order valence-electron chi connectivity index (χ4n) is 1.40. The largest absolute Gasteiger partial charge is 0.465 e. The number of carbonyl (C=O) groups is 1. The first kappa shape index (κ1) is 16.2. The molecular weight excluding hydrogens is 305 g/mol. The van der Waals surface area contributed by atoms with Crippen LogP contribution in [0.3, 0.4) is 0 Å². The Hall–Kier alpha value is -1.82. The summed E-state index contributed by atoms with van der Waals surface area (Å²) in [6.45, 7) is 0. The van der Waals surface area contributed by atoms with Gasteiger partial charge in [-0.1, -0.05) is 6.07 Å². The van der Waals surface area contributed by atoms with Crippen molar-refractivity contribution < 1.29 is 31.5 Å². The lowest BCUT2D eigenvalue weighted by Crippen LogP contribution is -2.12. The van der Waals surface area contributed by atoms with Crippen LogP contribution in [0.2, 0.25) is 0 Å². The zero-order valence-corrected chi connectivity index (χ0v) is 10.6. The highest BCUT2D eigenvalue weighted by Crippen LogP contribution is 2.42. The molecule has 1 rings (SSSR count). The van der Waals surface area contributed by atoms with Crippen LogP contribution in [0, 0.1) is 11.3 Å². The quantitative estimate of drug-likeness (QED) is 0.483. The first-order valence-electron chi connectivity index (χ1n) is 4.90. The average Bonchev–Trinajstić information content (AvgIpc) is 2.35. The predicted molar refractivity (Wildman–Crippen MR) is 59.4 cm³/mol. The van der Waals surface area contributed by atoms with Gasteiger partial charge in [0.2, 0.25) is 0 Å². The number of halogens is 5. The third-order valence-electron chi connectivity index (χ3n) is 2.15. The highest BCUT2D eigenvalue weighted by molar-refractivity contribution is 8.00. The molecule has 0 radical (unpaired) electrons. The normalized spacial score (nSPS) is 11.3.